The monoisotopic (exact) mass is 196 g/mol. The number of aromatic nitrogens is 2. The first-order chi connectivity index (χ1) is 6.70. The van der Waals surface area contributed by atoms with E-state index in [0.29, 0.717) is 11.6 Å². The number of hydrogen-bond donors (Lipinski definition) is 2. The number of hydrogen-bond acceptors (Lipinski definition) is 4. The molecule has 1 aromatic rings. The molecule has 0 aromatic carbocycles. The Balaban J connectivity index is 2.13. The Labute approximate surface area is 83.1 Å². The van der Waals surface area contributed by atoms with Gasteiger partial charge in [0.2, 0.25) is 0 Å². The second-order valence-corrected chi connectivity index (χ2v) is 3.87. The highest BCUT2D eigenvalue weighted by molar-refractivity contribution is 5.62. The van der Waals surface area contributed by atoms with Crippen LogP contribution < -0.4 is 10.6 Å². The first-order valence-electron chi connectivity index (χ1n) is 4.85. The van der Waals surface area contributed by atoms with Crippen molar-refractivity contribution >= 4 is 11.5 Å². The predicted molar refractivity (Wildman–Crippen MR) is 55.0 cm³/mol. The van der Waals surface area contributed by atoms with Crippen LogP contribution in [0.25, 0.3) is 0 Å². The van der Waals surface area contributed by atoms with Crippen molar-refractivity contribution in [1.82, 2.24) is 9.78 Å². The van der Waals surface area contributed by atoms with Crippen LogP contribution in [-0.4, -0.2) is 34.6 Å². The molecule has 1 atom stereocenters. The lowest BCUT2D eigenvalue weighted by atomic mass is 10.1. The molecule has 1 fully saturated rings. The van der Waals surface area contributed by atoms with Gasteiger partial charge < -0.3 is 15.7 Å². The van der Waals surface area contributed by atoms with E-state index in [1.807, 2.05) is 13.2 Å². The molecule has 0 amide bonds. The molecule has 0 aliphatic carbocycles. The maximum Gasteiger partial charge on any atom is 0.173 e. The summed E-state index contributed by atoms with van der Waals surface area (Å²) in [7, 11) is 1.86. The summed E-state index contributed by atoms with van der Waals surface area (Å²) in [4.78, 5) is 2.14. The molecule has 0 saturated carbocycles. The van der Waals surface area contributed by atoms with Crippen LogP contribution in [0, 0.1) is 5.92 Å². The summed E-state index contributed by atoms with van der Waals surface area (Å²) in [5, 5.41) is 13.3. The highest BCUT2D eigenvalue weighted by Crippen LogP contribution is 2.26. The largest absolute Gasteiger partial charge is 0.396 e. The fourth-order valence-electron chi connectivity index (χ4n) is 1.91. The molecule has 1 aliphatic heterocycles. The molecule has 5 heteroatoms. The Morgan fingerprint density at radius 2 is 2.50 bits per heavy atom. The lowest BCUT2D eigenvalue weighted by Crippen LogP contribution is -2.22. The lowest BCUT2D eigenvalue weighted by Gasteiger charge is -2.15. The molecule has 3 N–H and O–H groups in total. The Hall–Kier alpha value is -1.23. The number of nitrogens with two attached hydrogens (primary N) is 1. The molecule has 2 heterocycles. The fraction of sp³-hybridized carbons (Fsp3) is 0.667. The number of anilines is 2. The SMILES string of the molecule is Cn1cc(N)c(N2CCC(CO)C2)n1. The number of aliphatic hydroxyl groups excluding tert-OH is 1. The first-order valence-corrected chi connectivity index (χ1v) is 4.85. The summed E-state index contributed by atoms with van der Waals surface area (Å²) < 4.78 is 1.72. The van der Waals surface area contributed by atoms with Crippen molar-refractivity contribution in [3.63, 3.8) is 0 Å². The van der Waals surface area contributed by atoms with Crippen LogP contribution in [-0.2, 0) is 7.05 Å². The fourth-order valence-corrected chi connectivity index (χ4v) is 1.91. The van der Waals surface area contributed by atoms with Crippen molar-refractivity contribution < 1.29 is 5.11 Å². The van der Waals surface area contributed by atoms with Crippen molar-refractivity contribution in [3.8, 4) is 0 Å². The number of rotatable bonds is 2. The highest BCUT2D eigenvalue weighted by atomic mass is 16.3. The maximum atomic E-state index is 9.02. The van der Waals surface area contributed by atoms with Gasteiger partial charge in [0.25, 0.3) is 0 Å². The Kier molecular flexibility index (Phi) is 2.33. The van der Waals surface area contributed by atoms with Gasteiger partial charge in [-0.2, -0.15) is 5.10 Å². The minimum atomic E-state index is 0.253. The maximum absolute atomic E-state index is 9.02. The van der Waals surface area contributed by atoms with E-state index in [1.165, 1.54) is 0 Å². The van der Waals surface area contributed by atoms with Gasteiger partial charge in [-0.3, -0.25) is 4.68 Å². The number of aryl methyl sites for hydroxylation is 1. The zero-order valence-electron chi connectivity index (χ0n) is 8.35. The smallest absolute Gasteiger partial charge is 0.173 e. The summed E-state index contributed by atoms with van der Waals surface area (Å²) in [6, 6.07) is 0. The molecule has 2 rings (SSSR count). The van der Waals surface area contributed by atoms with Gasteiger partial charge >= 0.3 is 0 Å². The second kappa shape index (κ2) is 3.49. The van der Waals surface area contributed by atoms with E-state index in [2.05, 4.69) is 10.00 Å². The van der Waals surface area contributed by atoms with Gasteiger partial charge in [-0.15, -0.1) is 0 Å². The molecule has 0 spiro atoms. The molecular weight excluding hydrogens is 180 g/mol. The molecule has 1 saturated heterocycles. The van der Waals surface area contributed by atoms with E-state index in [1.54, 1.807) is 4.68 Å². The van der Waals surface area contributed by atoms with Crippen LogP contribution in [0.4, 0.5) is 11.5 Å². The molecule has 14 heavy (non-hydrogen) atoms. The van der Waals surface area contributed by atoms with Crippen molar-refractivity contribution in [2.24, 2.45) is 13.0 Å². The van der Waals surface area contributed by atoms with Crippen molar-refractivity contribution in [1.29, 1.82) is 0 Å². The quantitative estimate of drug-likeness (QED) is 0.688. The van der Waals surface area contributed by atoms with E-state index >= 15 is 0 Å². The topological polar surface area (TPSA) is 67.3 Å². The predicted octanol–water partition coefficient (Wildman–Crippen LogP) is -0.179. The Morgan fingerprint density at radius 1 is 1.71 bits per heavy atom. The van der Waals surface area contributed by atoms with Crippen molar-refractivity contribution in [2.75, 3.05) is 30.3 Å². The van der Waals surface area contributed by atoms with Gasteiger partial charge in [0, 0.05) is 38.9 Å². The number of nitrogen functional groups attached to an aromatic ring is 1. The number of aliphatic hydroxyl groups is 1. The average Bonchev–Trinajstić information content (AvgIpc) is 2.71. The summed E-state index contributed by atoms with van der Waals surface area (Å²) in [6.45, 7) is 2.05. The second-order valence-electron chi connectivity index (χ2n) is 3.87. The standard InChI is InChI=1S/C9H16N4O/c1-12-5-8(10)9(11-12)13-3-2-7(4-13)6-14/h5,7,14H,2-4,6,10H2,1H3. The molecule has 0 bridgehead atoms. The van der Waals surface area contributed by atoms with Crippen molar-refractivity contribution in [2.45, 2.75) is 6.42 Å². The van der Waals surface area contributed by atoms with E-state index < -0.39 is 0 Å². The molecular formula is C9H16N4O. The normalized spacial score (nSPS) is 21.9. The zero-order chi connectivity index (χ0) is 10.1. The molecule has 0 radical (unpaired) electrons. The Bertz CT molecular complexity index is 323. The molecule has 1 aromatic heterocycles. The van der Waals surface area contributed by atoms with Gasteiger partial charge in [-0.05, 0) is 6.42 Å². The van der Waals surface area contributed by atoms with Crippen LogP contribution in [0.15, 0.2) is 6.20 Å². The summed E-state index contributed by atoms with van der Waals surface area (Å²) >= 11 is 0. The summed E-state index contributed by atoms with van der Waals surface area (Å²) in [5.74, 6) is 1.22. The van der Waals surface area contributed by atoms with Crippen LogP contribution in [0.1, 0.15) is 6.42 Å². The molecule has 78 valence electrons. The van der Waals surface area contributed by atoms with Gasteiger partial charge in [0.1, 0.15) is 0 Å². The van der Waals surface area contributed by atoms with E-state index in [0.717, 1.165) is 25.3 Å². The van der Waals surface area contributed by atoms with Crippen LogP contribution >= 0.6 is 0 Å². The van der Waals surface area contributed by atoms with Crippen LogP contribution in [0.5, 0.6) is 0 Å². The zero-order valence-corrected chi connectivity index (χ0v) is 8.35. The third-order valence-corrected chi connectivity index (χ3v) is 2.68. The minimum Gasteiger partial charge on any atom is -0.396 e. The van der Waals surface area contributed by atoms with Gasteiger partial charge in [-0.25, -0.2) is 0 Å². The van der Waals surface area contributed by atoms with Gasteiger partial charge in [0.15, 0.2) is 5.82 Å². The lowest BCUT2D eigenvalue weighted by molar-refractivity contribution is 0.238. The average molecular weight is 196 g/mol. The number of nitrogens with zero attached hydrogens (tertiary/aromatic N) is 3. The van der Waals surface area contributed by atoms with Crippen molar-refractivity contribution in [3.05, 3.63) is 6.20 Å². The molecule has 5 nitrogen and oxygen atoms in total. The molecule has 1 aliphatic rings. The minimum absolute atomic E-state index is 0.253. The molecule has 1 unspecified atom stereocenters. The summed E-state index contributed by atoms with van der Waals surface area (Å²) in [5.41, 5.74) is 6.53. The van der Waals surface area contributed by atoms with Crippen LogP contribution in [0.3, 0.4) is 0 Å². The van der Waals surface area contributed by atoms with Crippen LogP contribution in [0.2, 0.25) is 0 Å². The van der Waals surface area contributed by atoms with E-state index in [9.17, 15) is 0 Å². The van der Waals surface area contributed by atoms with Gasteiger partial charge in [-0.1, -0.05) is 0 Å². The third-order valence-electron chi connectivity index (χ3n) is 2.68. The van der Waals surface area contributed by atoms with Gasteiger partial charge in [0.05, 0.1) is 5.69 Å². The van der Waals surface area contributed by atoms with E-state index in [4.69, 9.17) is 10.8 Å². The summed E-state index contributed by atoms with van der Waals surface area (Å²) in [6.07, 6.45) is 2.83. The third kappa shape index (κ3) is 1.55. The first kappa shape index (κ1) is 9.33. The Morgan fingerprint density at radius 3 is 3.00 bits per heavy atom. The van der Waals surface area contributed by atoms with E-state index in [-0.39, 0.29) is 6.61 Å². The highest BCUT2D eigenvalue weighted by Gasteiger charge is 2.24.